The van der Waals surface area contributed by atoms with E-state index >= 15 is 0 Å². The predicted octanol–water partition coefficient (Wildman–Crippen LogP) is 3.00. The first kappa shape index (κ1) is 20.3. The molecule has 7 heteroatoms. The number of sulfone groups is 1. The normalized spacial score (nSPS) is 22.5. The SMILES string of the molecule is Cc1ccc(N2C[C@@H](C(=O)N(c3ccc(C)cc3)[C@H]3C=CS(=O)(=O)C3)CC2=O)cc1. The molecule has 0 bridgehead atoms. The van der Waals surface area contributed by atoms with Crippen LogP contribution in [-0.4, -0.2) is 38.6 Å². The summed E-state index contributed by atoms with van der Waals surface area (Å²) in [5.74, 6) is -1.00. The van der Waals surface area contributed by atoms with E-state index in [1.807, 2.05) is 62.4 Å². The Labute approximate surface area is 176 Å². The van der Waals surface area contributed by atoms with Gasteiger partial charge >= 0.3 is 0 Å². The highest BCUT2D eigenvalue weighted by Crippen LogP contribution is 2.31. The number of hydrogen-bond donors (Lipinski definition) is 0. The quantitative estimate of drug-likeness (QED) is 0.756. The second-order valence-corrected chi connectivity index (χ2v) is 9.94. The van der Waals surface area contributed by atoms with Crippen molar-refractivity contribution in [3.63, 3.8) is 0 Å². The number of hydrogen-bond acceptors (Lipinski definition) is 4. The van der Waals surface area contributed by atoms with E-state index < -0.39 is 21.8 Å². The molecule has 0 saturated carbocycles. The zero-order valence-electron chi connectivity index (χ0n) is 17.0. The van der Waals surface area contributed by atoms with Crippen molar-refractivity contribution < 1.29 is 18.0 Å². The molecular formula is C23H24N2O4S. The van der Waals surface area contributed by atoms with Gasteiger partial charge in [0.1, 0.15) is 0 Å². The van der Waals surface area contributed by atoms with E-state index in [2.05, 4.69) is 0 Å². The molecule has 0 N–H and O–H groups in total. The van der Waals surface area contributed by atoms with E-state index in [0.29, 0.717) is 5.69 Å². The Balaban J connectivity index is 1.62. The molecule has 2 aliphatic heterocycles. The molecule has 2 heterocycles. The Morgan fingerprint density at radius 1 is 1.00 bits per heavy atom. The lowest BCUT2D eigenvalue weighted by Crippen LogP contribution is -2.45. The van der Waals surface area contributed by atoms with Crippen LogP contribution in [0.1, 0.15) is 17.5 Å². The number of nitrogens with zero attached hydrogens (tertiary/aromatic N) is 2. The number of rotatable bonds is 4. The fraction of sp³-hybridized carbons (Fsp3) is 0.304. The zero-order chi connectivity index (χ0) is 21.5. The summed E-state index contributed by atoms with van der Waals surface area (Å²) in [4.78, 5) is 29.3. The third kappa shape index (κ3) is 4.03. The number of aryl methyl sites for hydroxylation is 2. The molecule has 0 radical (unpaired) electrons. The van der Waals surface area contributed by atoms with E-state index in [9.17, 15) is 18.0 Å². The van der Waals surface area contributed by atoms with Gasteiger partial charge in [0.05, 0.1) is 17.7 Å². The molecule has 1 fully saturated rings. The first-order valence-corrected chi connectivity index (χ1v) is 11.6. The molecular weight excluding hydrogens is 400 g/mol. The van der Waals surface area contributed by atoms with Crippen LogP contribution < -0.4 is 9.80 Å². The van der Waals surface area contributed by atoms with Crippen LogP contribution in [0.2, 0.25) is 0 Å². The van der Waals surface area contributed by atoms with E-state index in [1.54, 1.807) is 11.0 Å². The summed E-state index contributed by atoms with van der Waals surface area (Å²) >= 11 is 0. The van der Waals surface area contributed by atoms with Gasteiger partial charge in [0.15, 0.2) is 9.84 Å². The van der Waals surface area contributed by atoms with Gasteiger partial charge in [-0.15, -0.1) is 0 Å². The molecule has 6 nitrogen and oxygen atoms in total. The standard InChI is InChI=1S/C23H24N2O4S/c1-16-3-7-19(8-4-16)24-14-18(13-22(24)26)23(27)25(20-9-5-17(2)6-10-20)21-11-12-30(28,29)15-21/h3-12,18,21H,13-15H2,1-2H3/t18-,21-/m0/s1. The first-order valence-electron chi connectivity index (χ1n) is 9.91. The Morgan fingerprint density at radius 2 is 1.60 bits per heavy atom. The maximum absolute atomic E-state index is 13.5. The minimum atomic E-state index is -3.33. The minimum Gasteiger partial charge on any atom is -0.312 e. The summed E-state index contributed by atoms with van der Waals surface area (Å²) in [5.41, 5.74) is 3.55. The topological polar surface area (TPSA) is 74.8 Å². The van der Waals surface area contributed by atoms with Crippen molar-refractivity contribution >= 4 is 33.0 Å². The molecule has 0 spiro atoms. The molecule has 2 atom stereocenters. The summed E-state index contributed by atoms with van der Waals surface area (Å²) in [6.07, 6.45) is 1.67. The van der Waals surface area contributed by atoms with E-state index in [0.717, 1.165) is 16.8 Å². The fourth-order valence-corrected chi connectivity index (χ4v) is 5.22. The minimum absolute atomic E-state index is 0.101. The molecule has 0 aromatic heterocycles. The van der Waals surface area contributed by atoms with Gasteiger partial charge in [-0.2, -0.15) is 0 Å². The van der Waals surface area contributed by atoms with E-state index in [1.165, 1.54) is 10.3 Å². The van der Waals surface area contributed by atoms with Crippen LogP contribution >= 0.6 is 0 Å². The molecule has 0 aliphatic carbocycles. The summed E-state index contributed by atoms with van der Waals surface area (Å²) in [7, 11) is -3.33. The zero-order valence-corrected chi connectivity index (χ0v) is 17.8. The van der Waals surface area contributed by atoms with Crippen molar-refractivity contribution in [3.8, 4) is 0 Å². The molecule has 2 aromatic rings. The second kappa shape index (κ2) is 7.72. The number of anilines is 2. The number of carbonyl (C=O) groups is 2. The Bertz CT molecular complexity index is 1100. The summed E-state index contributed by atoms with van der Waals surface area (Å²) in [6, 6.07) is 14.5. The third-order valence-corrected chi connectivity index (χ3v) is 6.99. The van der Waals surface area contributed by atoms with Gasteiger partial charge in [-0.25, -0.2) is 8.42 Å². The van der Waals surface area contributed by atoms with Crippen molar-refractivity contribution in [2.45, 2.75) is 26.3 Å². The van der Waals surface area contributed by atoms with Crippen LogP contribution in [0.3, 0.4) is 0 Å². The monoisotopic (exact) mass is 424 g/mol. The van der Waals surface area contributed by atoms with Gasteiger partial charge in [-0.05, 0) is 44.2 Å². The Hall–Kier alpha value is -2.93. The Kier molecular flexibility index (Phi) is 5.24. The van der Waals surface area contributed by atoms with Gasteiger partial charge in [-0.3, -0.25) is 9.59 Å². The smallest absolute Gasteiger partial charge is 0.233 e. The van der Waals surface area contributed by atoms with Crippen molar-refractivity contribution in [2.75, 3.05) is 22.1 Å². The molecule has 2 aliphatic rings. The van der Waals surface area contributed by atoms with E-state index in [4.69, 9.17) is 0 Å². The number of benzene rings is 2. The van der Waals surface area contributed by atoms with Crippen LogP contribution in [0.25, 0.3) is 0 Å². The van der Waals surface area contributed by atoms with Crippen LogP contribution in [0.5, 0.6) is 0 Å². The van der Waals surface area contributed by atoms with Crippen molar-refractivity contribution in [3.05, 3.63) is 71.1 Å². The van der Waals surface area contributed by atoms with Crippen molar-refractivity contribution in [2.24, 2.45) is 5.92 Å². The largest absolute Gasteiger partial charge is 0.312 e. The maximum atomic E-state index is 13.5. The fourth-order valence-electron chi connectivity index (χ4n) is 3.95. The van der Waals surface area contributed by atoms with Crippen LogP contribution in [-0.2, 0) is 19.4 Å². The molecule has 1 saturated heterocycles. The third-order valence-electron chi connectivity index (χ3n) is 5.61. The highest BCUT2D eigenvalue weighted by atomic mass is 32.2. The van der Waals surface area contributed by atoms with Gasteiger partial charge in [-0.1, -0.05) is 35.4 Å². The second-order valence-electron chi connectivity index (χ2n) is 8.01. The van der Waals surface area contributed by atoms with E-state index in [-0.39, 0.29) is 30.5 Å². The molecule has 2 amide bonds. The number of amides is 2. The lowest BCUT2D eigenvalue weighted by atomic mass is 10.0. The summed E-state index contributed by atoms with van der Waals surface area (Å²) in [5, 5.41) is 1.17. The van der Waals surface area contributed by atoms with Crippen LogP contribution in [0, 0.1) is 19.8 Å². The van der Waals surface area contributed by atoms with Gasteiger partial charge in [0.25, 0.3) is 0 Å². The van der Waals surface area contributed by atoms with Gasteiger partial charge in [0.2, 0.25) is 11.8 Å². The summed E-state index contributed by atoms with van der Waals surface area (Å²) in [6.45, 7) is 4.21. The van der Waals surface area contributed by atoms with Gasteiger partial charge in [0, 0.05) is 29.7 Å². The highest BCUT2D eigenvalue weighted by Gasteiger charge is 2.40. The molecule has 0 unspecified atom stereocenters. The number of carbonyl (C=O) groups excluding carboxylic acids is 2. The van der Waals surface area contributed by atoms with Crippen molar-refractivity contribution in [1.82, 2.24) is 0 Å². The average molecular weight is 425 g/mol. The molecule has 2 aromatic carbocycles. The molecule has 4 rings (SSSR count). The lowest BCUT2D eigenvalue weighted by Gasteiger charge is -2.30. The van der Waals surface area contributed by atoms with Crippen LogP contribution in [0.15, 0.2) is 60.0 Å². The molecule has 30 heavy (non-hydrogen) atoms. The van der Waals surface area contributed by atoms with Gasteiger partial charge < -0.3 is 9.80 Å². The van der Waals surface area contributed by atoms with Crippen molar-refractivity contribution in [1.29, 1.82) is 0 Å². The molecule has 156 valence electrons. The lowest BCUT2D eigenvalue weighted by molar-refractivity contribution is -0.124. The predicted molar refractivity (Wildman–Crippen MR) is 117 cm³/mol. The first-order chi connectivity index (χ1) is 14.2. The summed E-state index contributed by atoms with van der Waals surface area (Å²) < 4.78 is 24.0. The maximum Gasteiger partial charge on any atom is 0.233 e. The Morgan fingerprint density at radius 3 is 2.17 bits per heavy atom. The van der Waals surface area contributed by atoms with Crippen LogP contribution in [0.4, 0.5) is 11.4 Å². The average Bonchev–Trinajstić information content (AvgIpc) is 3.26. The highest BCUT2D eigenvalue weighted by molar-refractivity contribution is 7.94.